The van der Waals surface area contributed by atoms with Crippen molar-refractivity contribution in [1.82, 2.24) is 25.1 Å². The Balaban J connectivity index is 1.97. The largest absolute Gasteiger partial charge is 0.309 e. The first kappa shape index (κ1) is 11.7. The molecule has 1 heterocycles. The Morgan fingerprint density at radius 2 is 1.94 bits per heavy atom. The first-order valence-electron chi connectivity index (χ1n) is 5.73. The third kappa shape index (κ3) is 3.35. The second kappa shape index (κ2) is 5.54. The van der Waals surface area contributed by atoms with E-state index in [0.717, 1.165) is 25.1 Å². The van der Waals surface area contributed by atoms with Gasteiger partial charge in [0.2, 0.25) is 5.82 Å². The highest BCUT2D eigenvalue weighted by molar-refractivity contribution is 5.52. The fourth-order valence-corrected chi connectivity index (χ4v) is 1.57. The predicted octanol–water partition coefficient (Wildman–Crippen LogP) is 1.29. The summed E-state index contributed by atoms with van der Waals surface area (Å²) in [4.78, 5) is 3.81. The molecule has 0 aliphatic heterocycles. The zero-order valence-electron chi connectivity index (χ0n) is 10.2. The fourth-order valence-electron chi connectivity index (χ4n) is 1.57. The maximum atomic E-state index is 4.35. The molecular formula is C12H17N5. The van der Waals surface area contributed by atoms with E-state index in [-0.39, 0.29) is 0 Å². The van der Waals surface area contributed by atoms with E-state index in [1.54, 1.807) is 4.80 Å². The highest BCUT2D eigenvalue weighted by Crippen LogP contribution is 2.11. The number of nitrogens with zero attached hydrogens (tertiary/aromatic N) is 5. The molecule has 5 nitrogen and oxygen atoms in total. The minimum atomic E-state index is 0.690. The Morgan fingerprint density at radius 1 is 1.18 bits per heavy atom. The van der Waals surface area contributed by atoms with E-state index in [4.69, 9.17) is 0 Å². The number of hydrogen-bond acceptors (Lipinski definition) is 4. The fraction of sp³-hybridized carbons (Fsp3) is 0.417. The van der Waals surface area contributed by atoms with Gasteiger partial charge in [-0.2, -0.15) is 4.80 Å². The molecule has 0 unspecified atom stereocenters. The van der Waals surface area contributed by atoms with Gasteiger partial charge in [-0.1, -0.05) is 30.3 Å². The predicted molar refractivity (Wildman–Crippen MR) is 66.4 cm³/mol. The van der Waals surface area contributed by atoms with Gasteiger partial charge in [-0.05, 0) is 32.3 Å². The van der Waals surface area contributed by atoms with Crippen molar-refractivity contribution in [3.05, 3.63) is 30.3 Å². The van der Waals surface area contributed by atoms with Crippen LogP contribution in [0.5, 0.6) is 0 Å². The standard InChI is InChI=1S/C12H17N5/c1-16(2)9-6-10-17-14-12(13-15-17)11-7-4-3-5-8-11/h3-5,7-8H,6,9-10H2,1-2H3. The average Bonchev–Trinajstić information content (AvgIpc) is 2.78. The topological polar surface area (TPSA) is 46.8 Å². The molecule has 0 amide bonds. The minimum absolute atomic E-state index is 0.690. The van der Waals surface area contributed by atoms with Crippen LogP contribution in [0.4, 0.5) is 0 Å². The Bertz CT molecular complexity index is 449. The summed E-state index contributed by atoms with van der Waals surface area (Å²) in [5, 5.41) is 12.5. The number of tetrazole rings is 1. The van der Waals surface area contributed by atoms with E-state index in [0.29, 0.717) is 5.82 Å². The summed E-state index contributed by atoms with van der Waals surface area (Å²) in [5.41, 5.74) is 1.01. The molecule has 2 rings (SSSR count). The Labute approximate surface area is 101 Å². The van der Waals surface area contributed by atoms with Crippen molar-refractivity contribution in [2.45, 2.75) is 13.0 Å². The number of hydrogen-bond donors (Lipinski definition) is 0. The SMILES string of the molecule is CN(C)CCCn1nnc(-c2ccccc2)n1. The molecule has 0 spiro atoms. The van der Waals surface area contributed by atoms with Crippen LogP contribution in [0.25, 0.3) is 11.4 Å². The molecule has 5 heteroatoms. The van der Waals surface area contributed by atoms with E-state index in [2.05, 4.69) is 34.4 Å². The molecule has 1 aromatic heterocycles. The van der Waals surface area contributed by atoms with Crippen molar-refractivity contribution < 1.29 is 0 Å². The maximum absolute atomic E-state index is 4.35. The Kier molecular flexibility index (Phi) is 3.82. The zero-order valence-corrected chi connectivity index (χ0v) is 10.2. The Morgan fingerprint density at radius 3 is 2.65 bits per heavy atom. The van der Waals surface area contributed by atoms with Crippen molar-refractivity contribution in [2.24, 2.45) is 0 Å². The summed E-state index contributed by atoms with van der Waals surface area (Å²) < 4.78 is 0. The van der Waals surface area contributed by atoms with Crippen molar-refractivity contribution in [3.63, 3.8) is 0 Å². The summed E-state index contributed by atoms with van der Waals surface area (Å²) in [6, 6.07) is 9.90. The van der Waals surface area contributed by atoms with Crippen LogP contribution in [0.15, 0.2) is 30.3 Å². The molecule has 0 aliphatic carbocycles. The molecule has 0 saturated heterocycles. The quantitative estimate of drug-likeness (QED) is 0.778. The molecule has 2 aromatic rings. The van der Waals surface area contributed by atoms with Gasteiger partial charge in [0.05, 0.1) is 6.54 Å². The van der Waals surface area contributed by atoms with Crippen molar-refractivity contribution in [3.8, 4) is 11.4 Å². The molecule has 1 aromatic carbocycles. The normalized spacial score (nSPS) is 11.0. The van der Waals surface area contributed by atoms with Crippen LogP contribution < -0.4 is 0 Å². The van der Waals surface area contributed by atoms with Crippen molar-refractivity contribution >= 4 is 0 Å². The van der Waals surface area contributed by atoms with Gasteiger partial charge in [0.1, 0.15) is 0 Å². The van der Waals surface area contributed by atoms with Crippen LogP contribution in [-0.2, 0) is 6.54 Å². The molecule has 0 fully saturated rings. The van der Waals surface area contributed by atoms with Crippen molar-refractivity contribution in [1.29, 1.82) is 0 Å². The lowest BCUT2D eigenvalue weighted by atomic mass is 10.2. The van der Waals surface area contributed by atoms with E-state index >= 15 is 0 Å². The van der Waals surface area contributed by atoms with E-state index in [1.807, 2.05) is 30.3 Å². The van der Waals surface area contributed by atoms with E-state index in [1.165, 1.54) is 0 Å². The van der Waals surface area contributed by atoms with Gasteiger partial charge in [0.15, 0.2) is 0 Å². The lowest BCUT2D eigenvalue weighted by molar-refractivity contribution is 0.369. The lowest BCUT2D eigenvalue weighted by Crippen LogP contribution is -2.15. The summed E-state index contributed by atoms with van der Waals surface area (Å²) in [6.45, 7) is 1.83. The first-order valence-corrected chi connectivity index (χ1v) is 5.73. The molecule has 0 N–H and O–H groups in total. The maximum Gasteiger partial charge on any atom is 0.204 e. The number of rotatable bonds is 5. The molecule has 0 saturated carbocycles. The average molecular weight is 231 g/mol. The molecule has 17 heavy (non-hydrogen) atoms. The summed E-state index contributed by atoms with van der Waals surface area (Å²) in [5.74, 6) is 0.690. The monoisotopic (exact) mass is 231 g/mol. The van der Waals surface area contributed by atoms with Crippen molar-refractivity contribution in [2.75, 3.05) is 20.6 Å². The van der Waals surface area contributed by atoms with Crippen LogP contribution >= 0.6 is 0 Å². The smallest absolute Gasteiger partial charge is 0.204 e. The molecule has 90 valence electrons. The lowest BCUT2D eigenvalue weighted by Gasteiger charge is -2.07. The molecule has 0 radical (unpaired) electrons. The van der Waals surface area contributed by atoms with E-state index in [9.17, 15) is 0 Å². The number of aromatic nitrogens is 4. The second-order valence-electron chi connectivity index (χ2n) is 4.23. The van der Waals surface area contributed by atoms with Crippen LogP contribution in [0.3, 0.4) is 0 Å². The molecular weight excluding hydrogens is 214 g/mol. The first-order chi connectivity index (χ1) is 8.25. The molecule has 0 aliphatic rings. The van der Waals surface area contributed by atoms with E-state index < -0.39 is 0 Å². The summed E-state index contributed by atoms with van der Waals surface area (Å²) in [6.07, 6.45) is 1.03. The zero-order chi connectivity index (χ0) is 12.1. The summed E-state index contributed by atoms with van der Waals surface area (Å²) in [7, 11) is 4.12. The van der Waals surface area contributed by atoms with Gasteiger partial charge in [0.25, 0.3) is 0 Å². The van der Waals surface area contributed by atoms with Crippen LogP contribution in [0.1, 0.15) is 6.42 Å². The highest BCUT2D eigenvalue weighted by Gasteiger charge is 2.04. The summed E-state index contributed by atoms with van der Waals surface area (Å²) >= 11 is 0. The molecule has 0 bridgehead atoms. The van der Waals surface area contributed by atoms with Gasteiger partial charge in [-0.25, -0.2) is 0 Å². The van der Waals surface area contributed by atoms with Crippen LogP contribution in [0.2, 0.25) is 0 Å². The second-order valence-corrected chi connectivity index (χ2v) is 4.23. The van der Waals surface area contributed by atoms with Gasteiger partial charge in [-0.3, -0.25) is 0 Å². The highest BCUT2D eigenvalue weighted by atomic mass is 15.6. The van der Waals surface area contributed by atoms with Gasteiger partial charge in [-0.15, -0.1) is 10.2 Å². The number of benzene rings is 1. The molecule has 0 atom stereocenters. The Hall–Kier alpha value is -1.75. The van der Waals surface area contributed by atoms with Crippen LogP contribution in [-0.4, -0.2) is 45.7 Å². The van der Waals surface area contributed by atoms with Gasteiger partial charge in [0, 0.05) is 5.56 Å². The van der Waals surface area contributed by atoms with Gasteiger partial charge < -0.3 is 4.90 Å². The van der Waals surface area contributed by atoms with Crippen LogP contribution in [0, 0.1) is 0 Å². The minimum Gasteiger partial charge on any atom is -0.309 e. The third-order valence-electron chi connectivity index (χ3n) is 2.45. The third-order valence-corrected chi connectivity index (χ3v) is 2.45. The van der Waals surface area contributed by atoms with Gasteiger partial charge >= 0.3 is 0 Å². The number of aryl methyl sites for hydroxylation is 1.